The Bertz CT molecular complexity index is 878. The first-order valence-electron chi connectivity index (χ1n) is 8.99. The summed E-state index contributed by atoms with van der Waals surface area (Å²) in [5.41, 5.74) is 3.33. The predicted octanol–water partition coefficient (Wildman–Crippen LogP) is 4.56. The van der Waals surface area contributed by atoms with Crippen LogP contribution in [0.4, 0.5) is 5.95 Å². The molecule has 138 valence electrons. The van der Waals surface area contributed by atoms with E-state index >= 15 is 0 Å². The molecule has 3 heterocycles. The molecule has 2 aliphatic heterocycles. The molecule has 0 bridgehead atoms. The van der Waals surface area contributed by atoms with Gasteiger partial charge in [-0.25, -0.2) is 4.98 Å². The van der Waals surface area contributed by atoms with Crippen molar-refractivity contribution in [2.75, 3.05) is 24.9 Å². The van der Waals surface area contributed by atoms with E-state index in [0.717, 1.165) is 36.2 Å². The topological polar surface area (TPSA) is 39.5 Å². The highest BCUT2D eigenvalue weighted by Gasteiger charge is 2.54. The van der Waals surface area contributed by atoms with Crippen LogP contribution in [0.2, 0.25) is 0 Å². The lowest BCUT2D eigenvalue weighted by Gasteiger charge is -2.42. The van der Waals surface area contributed by atoms with Gasteiger partial charge in [0.1, 0.15) is 16.3 Å². The predicted molar refractivity (Wildman–Crippen MR) is 106 cm³/mol. The molecule has 1 aromatic rings. The van der Waals surface area contributed by atoms with Crippen LogP contribution in [0.3, 0.4) is 0 Å². The van der Waals surface area contributed by atoms with Crippen LogP contribution in [-0.2, 0) is 9.47 Å². The van der Waals surface area contributed by atoms with E-state index in [-0.39, 0.29) is 5.54 Å². The molecule has 1 atom stereocenters. The molecule has 6 heteroatoms. The summed E-state index contributed by atoms with van der Waals surface area (Å²) in [5, 5.41) is 1.17. The molecule has 0 N–H and O–H groups in total. The number of imidazole rings is 1. The van der Waals surface area contributed by atoms with Crippen LogP contribution in [0.1, 0.15) is 33.6 Å². The Balaban J connectivity index is 1.99. The zero-order valence-corrected chi connectivity index (χ0v) is 16.8. The van der Waals surface area contributed by atoms with Crippen molar-refractivity contribution >= 4 is 23.4 Å². The Morgan fingerprint density at radius 3 is 2.77 bits per heavy atom. The van der Waals surface area contributed by atoms with Crippen molar-refractivity contribution in [3.8, 4) is 0 Å². The van der Waals surface area contributed by atoms with E-state index in [1.807, 2.05) is 24.0 Å². The molecule has 0 saturated carbocycles. The van der Waals surface area contributed by atoms with Gasteiger partial charge in [0.15, 0.2) is 5.88 Å². The zero-order chi connectivity index (χ0) is 18.5. The third-order valence-electron chi connectivity index (χ3n) is 5.26. The Morgan fingerprint density at radius 2 is 2.08 bits per heavy atom. The smallest absolute Gasteiger partial charge is 0.219 e. The molecule has 0 radical (unpaired) electrons. The first-order chi connectivity index (χ1) is 12.6. The molecule has 1 aliphatic carbocycles. The SMILES string of the molecule is CCCSc1cnc2n1C1=C(C)C(OC)=C(C)CC13C=CC=C(OC)N23. The number of hydrogen-bond acceptors (Lipinski definition) is 5. The van der Waals surface area contributed by atoms with Crippen molar-refractivity contribution in [2.45, 2.75) is 44.2 Å². The van der Waals surface area contributed by atoms with E-state index in [1.165, 1.54) is 21.9 Å². The second-order valence-corrected chi connectivity index (χ2v) is 7.99. The van der Waals surface area contributed by atoms with Crippen LogP contribution in [-0.4, -0.2) is 35.1 Å². The first kappa shape index (κ1) is 17.3. The Hall–Kier alpha value is -2.08. The van der Waals surface area contributed by atoms with Gasteiger partial charge in [-0.1, -0.05) is 19.1 Å². The summed E-state index contributed by atoms with van der Waals surface area (Å²) in [5.74, 6) is 3.79. The van der Waals surface area contributed by atoms with Crippen molar-refractivity contribution in [1.29, 1.82) is 0 Å². The minimum atomic E-state index is -0.304. The van der Waals surface area contributed by atoms with Gasteiger partial charge in [-0.15, -0.1) is 11.8 Å². The highest BCUT2D eigenvalue weighted by molar-refractivity contribution is 7.99. The molecule has 0 saturated heterocycles. The molecular formula is C20H25N3O2S. The van der Waals surface area contributed by atoms with Gasteiger partial charge in [0, 0.05) is 12.0 Å². The largest absolute Gasteiger partial charge is 0.496 e. The van der Waals surface area contributed by atoms with E-state index < -0.39 is 0 Å². The van der Waals surface area contributed by atoms with Crippen molar-refractivity contribution in [2.24, 2.45) is 0 Å². The van der Waals surface area contributed by atoms with Crippen LogP contribution in [0.5, 0.6) is 0 Å². The molecule has 3 aliphatic rings. The number of aromatic nitrogens is 2. The Morgan fingerprint density at radius 1 is 1.27 bits per heavy atom. The van der Waals surface area contributed by atoms with E-state index in [1.54, 1.807) is 14.2 Å². The molecule has 5 nitrogen and oxygen atoms in total. The van der Waals surface area contributed by atoms with E-state index in [2.05, 4.69) is 42.4 Å². The first-order valence-corrected chi connectivity index (χ1v) is 9.97. The summed E-state index contributed by atoms with van der Waals surface area (Å²) in [7, 11) is 3.48. The van der Waals surface area contributed by atoms with Crippen LogP contribution < -0.4 is 4.90 Å². The molecule has 0 fully saturated rings. The number of rotatable bonds is 5. The number of allylic oxidation sites excluding steroid dienone is 3. The average Bonchev–Trinajstić information content (AvgIpc) is 3.15. The third kappa shape index (κ3) is 2.14. The van der Waals surface area contributed by atoms with E-state index in [4.69, 9.17) is 14.5 Å². The normalized spacial score (nSPS) is 23.7. The van der Waals surface area contributed by atoms with Gasteiger partial charge >= 0.3 is 0 Å². The quantitative estimate of drug-likeness (QED) is 0.710. The van der Waals surface area contributed by atoms with Gasteiger partial charge in [0.2, 0.25) is 5.95 Å². The van der Waals surface area contributed by atoms with Crippen LogP contribution in [0, 0.1) is 0 Å². The Kier molecular flexibility index (Phi) is 4.18. The van der Waals surface area contributed by atoms with Crippen LogP contribution >= 0.6 is 11.8 Å². The zero-order valence-electron chi connectivity index (χ0n) is 16.0. The summed E-state index contributed by atoms with van der Waals surface area (Å²) in [6.45, 7) is 6.51. The second kappa shape index (κ2) is 6.27. The summed E-state index contributed by atoms with van der Waals surface area (Å²) in [6.07, 6.45) is 10.3. The van der Waals surface area contributed by atoms with Gasteiger partial charge in [-0.05, 0) is 37.7 Å². The molecule has 1 aromatic heterocycles. The van der Waals surface area contributed by atoms with E-state index in [9.17, 15) is 0 Å². The van der Waals surface area contributed by atoms with Gasteiger partial charge < -0.3 is 9.47 Å². The van der Waals surface area contributed by atoms with Gasteiger partial charge in [0.25, 0.3) is 0 Å². The number of nitrogens with zero attached hydrogens (tertiary/aromatic N) is 3. The number of hydrogen-bond donors (Lipinski definition) is 0. The monoisotopic (exact) mass is 371 g/mol. The fourth-order valence-electron chi connectivity index (χ4n) is 4.41. The maximum atomic E-state index is 5.76. The lowest BCUT2D eigenvalue weighted by atomic mass is 9.78. The summed E-state index contributed by atoms with van der Waals surface area (Å²) in [4.78, 5) is 7.02. The van der Waals surface area contributed by atoms with E-state index in [0.29, 0.717) is 0 Å². The second-order valence-electron chi connectivity index (χ2n) is 6.87. The minimum absolute atomic E-state index is 0.304. The average molecular weight is 372 g/mol. The Labute approximate surface area is 159 Å². The summed E-state index contributed by atoms with van der Waals surface area (Å²) >= 11 is 1.85. The molecular weight excluding hydrogens is 346 g/mol. The van der Waals surface area contributed by atoms with Crippen molar-refractivity contribution in [1.82, 2.24) is 9.55 Å². The molecule has 0 aromatic carbocycles. The lowest BCUT2D eigenvalue weighted by molar-refractivity contribution is 0.262. The number of anilines is 1. The van der Waals surface area contributed by atoms with Crippen molar-refractivity contribution in [3.63, 3.8) is 0 Å². The standard InChI is InChI=1S/C20H25N3O2S/c1-6-10-26-16-12-21-19-22(16)18-14(3)17(25-5)13(2)11-20(18)9-7-8-15(24-4)23(19)20/h7-9,12H,6,10-11H2,1-5H3. The molecule has 1 spiro atoms. The van der Waals surface area contributed by atoms with Crippen molar-refractivity contribution in [3.05, 3.63) is 47.2 Å². The molecule has 4 rings (SSSR count). The fraction of sp³-hybridized carbons (Fsp3) is 0.450. The summed E-state index contributed by atoms with van der Waals surface area (Å²) in [6, 6.07) is 0. The third-order valence-corrected chi connectivity index (χ3v) is 6.46. The molecule has 0 amide bonds. The summed E-state index contributed by atoms with van der Waals surface area (Å²) < 4.78 is 13.8. The number of ether oxygens (including phenoxy) is 2. The highest BCUT2D eigenvalue weighted by atomic mass is 32.2. The van der Waals surface area contributed by atoms with Crippen LogP contribution in [0.15, 0.2) is 52.2 Å². The van der Waals surface area contributed by atoms with Gasteiger partial charge in [-0.2, -0.15) is 0 Å². The lowest BCUT2D eigenvalue weighted by Crippen LogP contribution is -2.48. The van der Waals surface area contributed by atoms with Crippen molar-refractivity contribution < 1.29 is 9.47 Å². The number of fused-ring (bicyclic) bond motifs is 3. The maximum Gasteiger partial charge on any atom is 0.219 e. The van der Waals surface area contributed by atoms with Gasteiger partial charge in [-0.3, -0.25) is 9.47 Å². The molecule has 26 heavy (non-hydrogen) atoms. The minimum Gasteiger partial charge on any atom is -0.496 e. The number of methoxy groups -OCH3 is 2. The van der Waals surface area contributed by atoms with Crippen LogP contribution in [0.25, 0.3) is 5.70 Å². The number of thioether (sulfide) groups is 1. The highest BCUT2D eigenvalue weighted by Crippen LogP contribution is 2.55. The maximum absolute atomic E-state index is 5.76. The van der Waals surface area contributed by atoms with Gasteiger partial charge in [0.05, 0.1) is 26.1 Å². The fourth-order valence-corrected chi connectivity index (χ4v) is 5.25. The molecule has 1 unspecified atom stereocenters.